The van der Waals surface area contributed by atoms with Crippen molar-refractivity contribution < 1.29 is 14.3 Å². The first-order valence-electron chi connectivity index (χ1n) is 4.91. The van der Waals surface area contributed by atoms with Crippen LogP contribution in [-0.4, -0.2) is 32.0 Å². The summed E-state index contributed by atoms with van der Waals surface area (Å²) in [5.41, 5.74) is 0.837. The van der Waals surface area contributed by atoms with Crippen molar-refractivity contribution in [3.63, 3.8) is 0 Å². The van der Waals surface area contributed by atoms with E-state index < -0.39 is 0 Å². The number of nitrogens with zero attached hydrogens (tertiary/aromatic N) is 1. The van der Waals surface area contributed by atoms with E-state index >= 15 is 0 Å². The van der Waals surface area contributed by atoms with E-state index in [1.54, 1.807) is 24.1 Å². The number of nitrogens with one attached hydrogen (secondary N) is 1. The van der Waals surface area contributed by atoms with Crippen molar-refractivity contribution in [3.8, 4) is 5.75 Å². The van der Waals surface area contributed by atoms with E-state index in [9.17, 15) is 9.59 Å². The van der Waals surface area contributed by atoms with Gasteiger partial charge in [-0.2, -0.15) is 0 Å². The van der Waals surface area contributed by atoms with Crippen molar-refractivity contribution in [2.75, 3.05) is 25.1 Å². The lowest BCUT2D eigenvalue weighted by molar-refractivity contribution is -0.130. The SMILES string of the molecule is COc1ccc(N2CC(=O)NC(=O)C2)cc1. The van der Waals surface area contributed by atoms with Crippen LogP contribution in [0.3, 0.4) is 0 Å². The molecule has 1 aliphatic heterocycles. The zero-order chi connectivity index (χ0) is 11.5. The van der Waals surface area contributed by atoms with Crippen molar-refractivity contribution >= 4 is 17.5 Å². The van der Waals surface area contributed by atoms with Gasteiger partial charge >= 0.3 is 0 Å². The van der Waals surface area contributed by atoms with Crippen molar-refractivity contribution in [2.45, 2.75) is 0 Å². The van der Waals surface area contributed by atoms with E-state index in [1.165, 1.54) is 0 Å². The molecule has 0 bridgehead atoms. The maximum atomic E-state index is 11.2. The molecule has 2 rings (SSSR count). The zero-order valence-electron chi connectivity index (χ0n) is 8.90. The number of carbonyl (C=O) groups excluding carboxylic acids is 2. The van der Waals surface area contributed by atoms with Gasteiger partial charge in [0.1, 0.15) is 5.75 Å². The molecule has 5 heteroatoms. The van der Waals surface area contributed by atoms with Crippen LogP contribution in [0, 0.1) is 0 Å². The van der Waals surface area contributed by atoms with E-state index in [2.05, 4.69) is 5.32 Å². The normalized spacial score (nSPS) is 15.9. The van der Waals surface area contributed by atoms with Crippen LogP contribution in [0.5, 0.6) is 5.75 Å². The predicted molar refractivity (Wildman–Crippen MR) is 58.4 cm³/mol. The van der Waals surface area contributed by atoms with Crippen LogP contribution in [0.1, 0.15) is 0 Å². The number of hydrogen-bond acceptors (Lipinski definition) is 4. The summed E-state index contributed by atoms with van der Waals surface area (Å²) in [6.07, 6.45) is 0. The summed E-state index contributed by atoms with van der Waals surface area (Å²) in [6.45, 7) is 0.413. The molecule has 0 unspecified atom stereocenters. The number of anilines is 1. The quantitative estimate of drug-likeness (QED) is 0.721. The van der Waals surface area contributed by atoms with Gasteiger partial charge in [-0.05, 0) is 24.3 Å². The smallest absolute Gasteiger partial charge is 0.246 e. The minimum Gasteiger partial charge on any atom is -0.497 e. The summed E-state index contributed by atoms with van der Waals surface area (Å²) in [5.74, 6) is 0.204. The Kier molecular flexibility index (Phi) is 2.76. The number of piperazine rings is 1. The Morgan fingerprint density at radius 1 is 1.12 bits per heavy atom. The van der Waals surface area contributed by atoms with Gasteiger partial charge < -0.3 is 9.64 Å². The highest BCUT2D eigenvalue weighted by atomic mass is 16.5. The molecule has 84 valence electrons. The molecule has 0 spiro atoms. The van der Waals surface area contributed by atoms with Gasteiger partial charge in [-0.25, -0.2) is 0 Å². The first kappa shape index (κ1) is 10.5. The molecular weight excluding hydrogens is 208 g/mol. The van der Waals surface area contributed by atoms with Crippen molar-refractivity contribution in [1.29, 1.82) is 0 Å². The Bertz CT molecular complexity index is 398. The maximum Gasteiger partial charge on any atom is 0.246 e. The lowest BCUT2D eigenvalue weighted by Crippen LogP contribution is -2.51. The number of benzene rings is 1. The first-order chi connectivity index (χ1) is 7.69. The van der Waals surface area contributed by atoms with Crippen LogP contribution in [-0.2, 0) is 9.59 Å². The first-order valence-corrected chi connectivity index (χ1v) is 4.91. The molecule has 1 aromatic rings. The molecule has 1 aliphatic rings. The number of ether oxygens (including phenoxy) is 1. The summed E-state index contributed by atoms with van der Waals surface area (Å²) in [6, 6.07) is 7.24. The second-order valence-corrected chi connectivity index (χ2v) is 3.53. The summed E-state index contributed by atoms with van der Waals surface area (Å²) >= 11 is 0. The van der Waals surface area contributed by atoms with Gasteiger partial charge in [0.15, 0.2) is 0 Å². The van der Waals surface area contributed by atoms with Gasteiger partial charge in [0.05, 0.1) is 20.2 Å². The summed E-state index contributed by atoms with van der Waals surface area (Å²) in [7, 11) is 1.59. The van der Waals surface area contributed by atoms with Gasteiger partial charge in [-0.1, -0.05) is 0 Å². The van der Waals surface area contributed by atoms with E-state index in [1.807, 2.05) is 12.1 Å². The number of carbonyl (C=O) groups is 2. The number of imide groups is 1. The summed E-state index contributed by atoms with van der Waals surface area (Å²) < 4.78 is 5.03. The Labute approximate surface area is 93.0 Å². The average Bonchev–Trinajstić information content (AvgIpc) is 2.28. The fourth-order valence-corrected chi connectivity index (χ4v) is 1.61. The topological polar surface area (TPSA) is 58.6 Å². The molecule has 0 saturated carbocycles. The molecule has 0 aromatic heterocycles. The van der Waals surface area contributed by atoms with Gasteiger partial charge in [0.25, 0.3) is 0 Å². The molecule has 0 atom stereocenters. The number of amides is 2. The molecule has 5 nitrogen and oxygen atoms in total. The Hall–Kier alpha value is -2.04. The van der Waals surface area contributed by atoms with Crippen LogP contribution in [0.2, 0.25) is 0 Å². The van der Waals surface area contributed by atoms with Crippen molar-refractivity contribution in [2.24, 2.45) is 0 Å². The zero-order valence-corrected chi connectivity index (χ0v) is 8.90. The Balaban J connectivity index is 2.16. The van der Waals surface area contributed by atoms with E-state index in [0.717, 1.165) is 11.4 Å². The van der Waals surface area contributed by atoms with E-state index in [0.29, 0.717) is 0 Å². The third kappa shape index (κ3) is 2.13. The molecule has 1 saturated heterocycles. The van der Waals surface area contributed by atoms with Crippen LogP contribution < -0.4 is 15.0 Å². The molecule has 1 heterocycles. The second-order valence-electron chi connectivity index (χ2n) is 3.53. The van der Waals surface area contributed by atoms with Crippen molar-refractivity contribution in [3.05, 3.63) is 24.3 Å². The molecule has 1 aromatic carbocycles. The molecule has 0 aliphatic carbocycles. The molecule has 2 amide bonds. The standard InChI is InChI=1S/C11H12N2O3/c1-16-9-4-2-8(3-5-9)13-6-10(14)12-11(15)7-13/h2-5H,6-7H2,1H3,(H,12,14,15). The number of methoxy groups -OCH3 is 1. The van der Waals surface area contributed by atoms with Crippen LogP contribution >= 0.6 is 0 Å². The number of hydrogen-bond donors (Lipinski definition) is 1. The highest BCUT2D eigenvalue weighted by molar-refractivity contribution is 6.02. The minimum absolute atomic E-state index is 0.206. The van der Waals surface area contributed by atoms with Crippen LogP contribution in [0.15, 0.2) is 24.3 Å². The highest BCUT2D eigenvalue weighted by Crippen LogP contribution is 2.19. The van der Waals surface area contributed by atoms with E-state index in [-0.39, 0.29) is 24.9 Å². The molecule has 16 heavy (non-hydrogen) atoms. The molecule has 1 fully saturated rings. The van der Waals surface area contributed by atoms with Crippen LogP contribution in [0.4, 0.5) is 5.69 Å². The number of rotatable bonds is 2. The predicted octanol–water partition coefficient (Wildman–Crippen LogP) is 0.158. The Morgan fingerprint density at radius 2 is 1.69 bits per heavy atom. The fraction of sp³-hybridized carbons (Fsp3) is 0.273. The Morgan fingerprint density at radius 3 is 2.19 bits per heavy atom. The monoisotopic (exact) mass is 220 g/mol. The van der Waals surface area contributed by atoms with Gasteiger partial charge in [0, 0.05) is 5.69 Å². The van der Waals surface area contributed by atoms with Gasteiger partial charge in [-0.3, -0.25) is 14.9 Å². The summed E-state index contributed by atoms with van der Waals surface area (Å²) in [4.78, 5) is 24.1. The van der Waals surface area contributed by atoms with Gasteiger partial charge in [-0.15, -0.1) is 0 Å². The van der Waals surface area contributed by atoms with Crippen LogP contribution in [0.25, 0.3) is 0 Å². The van der Waals surface area contributed by atoms with E-state index in [4.69, 9.17) is 4.74 Å². The minimum atomic E-state index is -0.271. The lowest BCUT2D eigenvalue weighted by Gasteiger charge is -2.27. The average molecular weight is 220 g/mol. The van der Waals surface area contributed by atoms with Gasteiger partial charge in [0.2, 0.25) is 11.8 Å². The lowest BCUT2D eigenvalue weighted by atomic mass is 10.2. The highest BCUT2D eigenvalue weighted by Gasteiger charge is 2.22. The molecule has 0 radical (unpaired) electrons. The molecular formula is C11H12N2O3. The second kappa shape index (κ2) is 4.22. The largest absolute Gasteiger partial charge is 0.497 e. The maximum absolute atomic E-state index is 11.2. The third-order valence-corrected chi connectivity index (χ3v) is 2.39. The fourth-order valence-electron chi connectivity index (χ4n) is 1.61. The summed E-state index contributed by atoms with van der Waals surface area (Å²) in [5, 5.41) is 2.26. The van der Waals surface area contributed by atoms with Crippen molar-refractivity contribution in [1.82, 2.24) is 5.32 Å². The third-order valence-electron chi connectivity index (χ3n) is 2.39. The molecule has 1 N–H and O–H groups in total.